The van der Waals surface area contributed by atoms with Gasteiger partial charge in [-0.1, -0.05) is 77.8 Å². The summed E-state index contributed by atoms with van der Waals surface area (Å²) < 4.78 is 0. The van der Waals surface area contributed by atoms with E-state index in [4.69, 9.17) is 0 Å². The standard InChI is InChI=1S/2C11H17Si.2CH3.2ClH.H2Si.Zr/c2*1-9-7-10-5-4-6-12(2,3)11(10)8-9;;;;;;/h2*7-8H,4-6H2,1-3H3;2*1H3;2*1H;1H2;/q4*-1;;;;. The molecule has 30 heavy (non-hydrogen) atoms. The van der Waals surface area contributed by atoms with Gasteiger partial charge in [0.2, 0.25) is 0 Å². The zero-order valence-electron chi connectivity index (χ0n) is 20.6. The summed E-state index contributed by atoms with van der Waals surface area (Å²) in [4.78, 5) is 0. The second kappa shape index (κ2) is 14.9. The van der Waals surface area contributed by atoms with Gasteiger partial charge in [0.1, 0.15) is 0 Å². The summed E-state index contributed by atoms with van der Waals surface area (Å²) in [5, 5.41) is 3.48. The van der Waals surface area contributed by atoms with Gasteiger partial charge in [0.25, 0.3) is 0 Å². The number of hydrogen-bond acceptors (Lipinski definition) is 0. The van der Waals surface area contributed by atoms with Crippen molar-refractivity contribution in [2.24, 2.45) is 0 Å². The molecule has 0 nitrogen and oxygen atoms in total. The predicted molar refractivity (Wildman–Crippen MR) is 150 cm³/mol. The third kappa shape index (κ3) is 8.63. The van der Waals surface area contributed by atoms with Gasteiger partial charge >= 0.3 is 30.2 Å². The normalized spacial score (nSPS) is 16.6. The quantitative estimate of drug-likeness (QED) is 0.267. The van der Waals surface area contributed by atoms with Gasteiger partial charge in [-0.05, 0) is 0 Å². The van der Waals surface area contributed by atoms with Crippen molar-refractivity contribution in [3.63, 3.8) is 0 Å². The van der Waals surface area contributed by atoms with Crippen molar-refractivity contribution >= 4 is 58.2 Å². The molecule has 174 valence electrons. The minimum absolute atomic E-state index is 0. The van der Waals surface area contributed by atoms with Crippen LogP contribution in [0.2, 0.25) is 38.3 Å². The molecule has 0 bridgehead atoms. The van der Waals surface area contributed by atoms with E-state index in [2.05, 4.69) is 64.3 Å². The first kappa shape index (κ1) is 35.4. The molecule has 2 aliphatic heterocycles. The van der Waals surface area contributed by atoms with Gasteiger partial charge in [0.05, 0.1) is 0 Å². The van der Waals surface area contributed by atoms with Crippen LogP contribution in [0.3, 0.4) is 0 Å². The molecule has 2 aliphatic rings. The summed E-state index contributed by atoms with van der Waals surface area (Å²) in [6.45, 7) is 16.4. The van der Waals surface area contributed by atoms with Gasteiger partial charge in [0, 0.05) is 16.1 Å². The Morgan fingerprint density at radius 3 is 1.30 bits per heavy atom. The molecule has 0 aromatic heterocycles. The fourth-order valence-corrected chi connectivity index (χ4v) is 10.8. The molecule has 0 aliphatic carbocycles. The topological polar surface area (TPSA) is 0 Å². The average Bonchev–Trinajstić information content (AvgIpc) is 3.13. The first-order chi connectivity index (χ1) is 12.2. The van der Waals surface area contributed by atoms with Crippen LogP contribution in [0.1, 0.15) is 35.1 Å². The second-order valence-corrected chi connectivity index (χ2v) is 19.0. The summed E-state index contributed by atoms with van der Waals surface area (Å²) >= 11 is 1.58. The zero-order chi connectivity index (χ0) is 19.5. The van der Waals surface area contributed by atoms with E-state index < -0.39 is 16.1 Å². The Labute approximate surface area is 219 Å². The Hall–Kier alpha value is 0.814. The Morgan fingerprint density at radius 1 is 0.733 bits per heavy atom. The van der Waals surface area contributed by atoms with Crippen LogP contribution in [-0.4, -0.2) is 23.0 Å². The van der Waals surface area contributed by atoms with Crippen molar-refractivity contribution in [3.05, 3.63) is 61.4 Å². The van der Waals surface area contributed by atoms with Crippen LogP contribution in [-0.2, 0) is 36.2 Å². The molecule has 0 amide bonds. The van der Waals surface area contributed by atoms with E-state index >= 15 is 0 Å². The van der Waals surface area contributed by atoms with Crippen LogP contribution in [0.25, 0.3) is 0 Å². The van der Waals surface area contributed by atoms with Gasteiger partial charge in [-0.2, -0.15) is 44.8 Å². The van der Waals surface area contributed by atoms with E-state index in [0.717, 1.165) is 0 Å². The van der Waals surface area contributed by atoms with E-state index in [1.807, 2.05) is 6.88 Å². The SMILES string of the molecule is Cc1cc2c([cH-]1)CCC[Si]2(C)C.Cc1cc2c([cH-]1)CCC[Si]2(C)C.Cl.Cl.[CH3-].[CH3-].[SiH2]=[Zr]. The summed E-state index contributed by atoms with van der Waals surface area (Å²) in [7, 11) is -1.98. The molecule has 0 atom stereocenters. The Bertz CT molecular complexity index is 685. The van der Waals surface area contributed by atoms with Crippen molar-refractivity contribution in [2.75, 3.05) is 0 Å². The van der Waals surface area contributed by atoms with E-state index in [0.29, 0.717) is 0 Å². The molecule has 2 aromatic carbocycles. The first-order valence-electron chi connectivity index (χ1n) is 10.1. The maximum atomic E-state index is 2.50. The first-order valence-corrected chi connectivity index (χ1v) is 22.4. The predicted octanol–water partition coefficient (Wildman–Crippen LogP) is 5.98. The van der Waals surface area contributed by atoms with Gasteiger partial charge < -0.3 is 14.9 Å². The molecule has 0 unspecified atom stereocenters. The number of aryl methyl sites for hydroxylation is 4. The van der Waals surface area contributed by atoms with Crippen LogP contribution in [0.5, 0.6) is 0 Å². The Kier molecular flexibility index (Phi) is 17.5. The molecule has 0 N–H and O–H groups in total. The van der Waals surface area contributed by atoms with E-state index in [-0.39, 0.29) is 39.7 Å². The third-order valence-corrected chi connectivity index (χ3v) is 13.2. The molecule has 0 fully saturated rings. The van der Waals surface area contributed by atoms with Crippen LogP contribution in [0.4, 0.5) is 0 Å². The molecular formula is C24H44Cl2Si3Zr-4. The van der Waals surface area contributed by atoms with E-state index in [9.17, 15) is 0 Å². The second-order valence-electron chi connectivity index (χ2n) is 9.42. The summed E-state index contributed by atoms with van der Waals surface area (Å²) in [5.41, 5.74) is 6.27. The molecule has 6 heteroatoms. The Morgan fingerprint density at radius 2 is 1.03 bits per heavy atom. The average molecular weight is 579 g/mol. The van der Waals surface area contributed by atoms with Crippen LogP contribution in [0, 0.1) is 28.7 Å². The van der Waals surface area contributed by atoms with Gasteiger partial charge in [-0.25, -0.2) is 12.1 Å². The zero-order valence-corrected chi connectivity index (χ0v) is 28.1. The van der Waals surface area contributed by atoms with Gasteiger partial charge in [0.15, 0.2) is 0 Å². The van der Waals surface area contributed by atoms with E-state index in [1.165, 1.54) is 48.9 Å². The van der Waals surface area contributed by atoms with Crippen molar-refractivity contribution in [1.82, 2.24) is 0 Å². The number of rotatable bonds is 0. The molecule has 2 aromatic rings. The van der Waals surface area contributed by atoms with Gasteiger partial charge in [-0.3, -0.25) is 0 Å². The molecule has 0 radical (unpaired) electrons. The molecule has 2 heterocycles. The number of halogens is 2. The number of hydrogen-bond donors (Lipinski definition) is 0. The third-order valence-electron chi connectivity index (χ3n) is 6.19. The fraction of sp³-hybridized carbons (Fsp3) is 0.500. The molecule has 0 saturated carbocycles. The molecule has 0 saturated heterocycles. The van der Waals surface area contributed by atoms with Crippen molar-refractivity contribution < 1.29 is 23.3 Å². The van der Waals surface area contributed by atoms with Crippen molar-refractivity contribution in [2.45, 2.75) is 77.8 Å². The minimum atomic E-state index is -0.990. The fourth-order valence-electron chi connectivity index (χ4n) is 4.81. The van der Waals surface area contributed by atoms with Crippen LogP contribution < -0.4 is 10.4 Å². The van der Waals surface area contributed by atoms with Crippen molar-refractivity contribution in [1.29, 1.82) is 0 Å². The van der Waals surface area contributed by atoms with Gasteiger partial charge in [-0.15, -0.1) is 24.8 Å². The molecule has 0 spiro atoms. The summed E-state index contributed by atoms with van der Waals surface area (Å²) in [6.07, 6.45) is 5.52. The summed E-state index contributed by atoms with van der Waals surface area (Å²) in [6, 6.07) is 12.6. The molecular weight excluding hydrogens is 535 g/mol. The Balaban J connectivity index is -0.000000400. The van der Waals surface area contributed by atoms with Crippen LogP contribution in [0.15, 0.2) is 24.3 Å². The molecule has 4 rings (SSSR count). The number of fused-ring (bicyclic) bond motifs is 2. The monoisotopic (exact) mass is 576 g/mol. The van der Waals surface area contributed by atoms with Crippen LogP contribution >= 0.6 is 24.8 Å². The van der Waals surface area contributed by atoms with E-state index in [1.54, 1.807) is 44.8 Å². The van der Waals surface area contributed by atoms with Crippen molar-refractivity contribution in [3.8, 4) is 0 Å². The summed E-state index contributed by atoms with van der Waals surface area (Å²) in [5.74, 6) is 0. The maximum absolute atomic E-state index is 2.50.